The van der Waals surface area contributed by atoms with Gasteiger partial charge in [-0.05, 0) is 24.5 Å². The summed E-state index contributed by atoms with van der Waals surface area (Å²) in [5, 5.41) is 0.451. The zero-order valence-electron chi connectivity index (χ0n) is 11.1. The quantitative estimate of drug-likeness (QED) is 0.833. The first-order valence-corrected chi connectivity index (χ1v) is 6.48. The molecule has 0 radical (unpaired) electrons. The number of halogens is 1. The van der Waals surface area contributed by atoms with E-state index in [1.165, 1.54) is 0 Å². The lowest BCUT2D eigenvalue weighted by Crippen LogP contribution is -2.46. The van der Waals surface area contributed by atoms with E-state index in [0.29, 0.717) is 18.2 Å². The molecule has 0 aliphatic carbocycles. The molecule has 1 unspecified atom stereocenters. The van der Waals surface area contributed by atoms with Crippen LogP contribution in [-0.4, -0.2) is 28.4 Å². The second-order valence-electron chi connectivity index (χ2n) is 4.61. The van der Waals surface area contributed by atoms with Gasteiger partial charge in [-0.25, -0.2) is 4.98 Å². The van der Waals surface area contributed by atoms with Gasteiger partial charge in [0, 0.05) is 19.3 Å². The second kappa shape index (κ2) is 6.71. The number of amides is 1. The van der Waals surface area contributed by atoms with Crippen molar-refractivity contribution < 1.29 is 4.79 Å². The van der Waals surface area contributed by atoms with Gasteiger partial charge in [-0.2, -0.15) is 0 Å². The number of carbonyl (C=O) groups is 1. The molecule has 5 heteroatoms. The van der Waals surface area contributed by atoms with Crippen LogP contribution >= 0.6 is 11.6 Å². The predicted octanol–water partition coefficient (Wildman–Crippen LogP) is 2.07. The number of rotatable bonds is 5. The third-order valence-corrected chi connectivity index (χ3v) is 3.08. The number of carbonyl (C=O) groups excluding carboxylic acids is 1. The van der Waals surface area contributed by atoms with Crippen LogP contribution in [0.15, 0.2) is 18.3 Å². The van der Waals surface area contributed by atoms with Crippen molar-refractivity contribution in [2.24, 2.45) is 11.7 Å². The van der Waals surface area contributed by atoms with Crippen molar-refractivity contribution in [3.05, 3.63) is 29.0 Å². The molecule has 100 valence electrons. The van der Waals surface area contributed by atoms with E-state index in [2.05, 4.69) is 4.98 Å². The van der Waals surface area contributed by atoms with E-state index in [1.54, 1.807) is 17.2 Å². The van der Waals surface area contributed by atoms with Crippen LogP contribution in [-0.2, 0) is 11.3 Å². The van der Waals surface area contributed by atoms with E-state index in [0.717, 1.165) is 5.56 Å². The fraction of sp³-hybridized carbons (Fsp3) is 0.538. The minimum atomic E-state index is -0.454. The molecule has 0 aliphatic rings. The summed E-state index contributed by atoms with van der Waals surface area (Å²) in [7, 11) is 0. The summed E-state index contributed by atoms with van der Waals surface area (Å²) in [6, 6.07) is 3.13. The molecular formula is C13H20ClN3O. The first-order chi connectivity index (χ1) is 8.45. The smallest absolute Gasteiger partial charge is 0.240 e. The first-order valence-electron chi connectivity index (χ1n) is 6.10. The highest BCUT2D eigenvalue weighted by atomic mass is 35.5. The molecule has 0 bridgehead atoms. The Morgan fingerprint density at radius 2 is 2.17 bits per heavy atom. The normalized spacial score (nSPS) is 12.6. The Labute approximate surface area is 113 Å². The molecule has 0 saturated carbocycles. The Bertz CT molecular complexity index is 392. The van der Waals surface area contributed by atoms with Crippen molar-refractivity contribution in [3.63, 3.8) is 0 Å². The van der Waals surface area contributed by atoms with E-state index in [1.807, 2.05) is 26.8 Å². The lowest BCUT2D eigenvalue weighted by atomic mass is 10.0. The van der Waals surface area contributed by atoms with Crippen molar-refractivity contribution >= 4 is 17.5 Å². The van der Waals surface area contributed by atoms with E-state index >= 15 is 0 Å². The summed E-state index contributed by atoms with van der Waals surface area (Å²) in [4.78, 5) is 17.9. The third-order valence-electron chi connectivity index (χ3n) is 2.86. The van der Waals surface area contributed by atoms with Gasteiger partial charge < -0.3 is 10.6 Å². The van der Waals surface area contributed by atoms with Gasteiger partial charge in [0.05, 0.1) is 6.04 Å². The van der Waals surface area contributed by atoms with Gasteiger partial charge in [-0.15, -0.1) is 0 Å². The lowest BCUT2D eigenvalue weighted by molar-refractivity contribution is -0.134. The molecule has 0 aromatic carbocycles. The molecule has 4 nitrogen and oxygen atoms in total. The molecule has 1 aromatic heterocycles. The van der Waals surface area contributed by atoms with Crippen LogP contribution in [0.5, 0.6) is 0 Å². The van der Waals surface area contributed by atoms with Crippen molar-refractivity contribution in [2.45, 2.75) is 33.4 Å². The fourth-order valence-corrected chi connectivity index (χ4v) is 1.67. The van der Waals surface area contributed by atoms with Crippen molar-refractivity contribution in [3.8, 4) is 0 Å². The molecule has 2 N–H and O–H groups in total. The molecule has 0 aliphatic heterocycles. The van der Waals surface area contributed by atoms with Crippen LogP contribution in [0.25, 0.3) is 0 Å². The molecule has 1 atom stereocenters. The number of nitrogens with two attached hydrogens (primary N) is 1. The number of likely N-dealkylation sites (N-methyl/N-ethyl adjacent to an activating group) is 1. The fourth-order valence-electron chi connectivity index (χ4n) is 1.56. The number of hydrogen-bond acceptors (Lipinski definition) is 3. The molecule has 1 aromatic rings. The van der Waals surface area contributed by atoms with Crippen molar-refractivity contribution in [1.29, 1.82) is 0 Å². The van der Waals surface area contributed by atoms with Crippen LogP contribution in [0.3, 0.4) is 0 Å². The first kappa shape index (κ1) is 14.9. The SMILES string of the molecule is CCN(Cc1ccc(Cl)nc1)C(=O)C(N)C(C)C. The highest BCUT2D eigenvalue weighted by molar-refractivity contribution is 6.29. The average Bonchev–Trinajstić information content (AvgIpc) is 2.36. The number of pyridine rings is 1. The molecule has 0 saturated heterocycles. The minimum Gasteiger partial charge on any atom is -0.337 e. The molecule has 1 rings (SSSR count). The maximum absolute atomic E-state index is 12.1. The van der Waals surface area contributed by atoms with Gasteiger partial charge >= 0.3 is 0 Å². The maximum Gasteiger partial charge on any atom is 0.240 e. The van der Waals surface area contributed by atoms with E-state index in [-0.39, 0.29) is 11.8 Å². The summed E-state index contributed by atoms with van der Waals surface area (Å²) in [5.41, 5.74) is 6.84. The summed E-state index contributed by atoms with van der Waals surface area (Å²) < 4.78 is 0. The zero-order chi connectivity index (χ0) is 13.7. The minimum absolute atomic E-state index is 0.0255. The summed E-state index contributed by atoms with van der Waals surface area (Å²) in [6.07, 6.45) is 1.68. The van der Waals surface area contributed by atoms with Gasteiger partial charge in [0.1, 0.15) is 5.15 Å². The molecule has 0 spiro atoms. The van der Waals surface area contributed by atoms with Crippen LogP contribution < -0.4 is 5.73 Å². The van der Waals surface area contributed by atoms with E-state index < -0.39 is 6.04 Å². The van der Waals surface area contributed by atoms with Gasteiger partial charge in [-0.3, -0.25) is 4.79 Å². The van der Waals surface area contributed by atoms with Gasteiger partial charge in [-0.1, -0.05) is 31.5 Å². The third kappa shape index (κ3) is 3.96. The topological polar surface area (TPSA) is 59.2 Å². The molecule has 18 heavy (non-hydrogen) atoms. The molecule has 1 heterocycles. The predicted molar refractivity (Wildman–Crippen MR) is 73.2 cm³/mol. The largest absolute Gasteiger partial charge is 0.337 e. The number of hydrogen-bond donors (Lipinski definition) is 1. The average molecular weight is 270 g/mol. The summed E-state index contributed by atoms with van der Waals surface area (Å²) in [6.45, 7) is 6.97. The highest BCUT2D eigenvalue weighted by Gasteiger charge is 2.22. The van der Waals surface area contributed by atoms with Crippen LogP contribution in [0.4, 0.5) is 0 Å². The standard InChI is InChI=1S/C13H20ClN3O/c1-4-17(13(18)12(15)9(2)3)8-10-5-6-11(14)16-7-10/h5-7,9,12H,4,8,15H2,1-3H3. The van der Waals surface area contributed by atoms with Gasteiger partial charge in [0.25, 0.3) is 0 Å². The second-order valence-corrected chi connectivity index (χ2v) is 5.00. The zero-order valence-corrected chi connectivity index (χ0v) is 11.8. The number of nitrogens with zero attached hydrogens (tertiary/aromatic N) is 2. The van der Waals surface area contributed by atoms with Gasteiger partial charge in [0.2, 0.25) is 5.91 Å². The summed E-state index contributed by atoms with van der Waals surface area (Å²) >= 11 is 5.72. The molecule has 0 fully saturated rings. The Kier molecular flexibility index (Phi) is 5.56. The Morgan fingerprint density at radius 1 is 1.50 bits per heavy atom. The van der Waals surface area contributed by atoms with E-state index in [4.69, 9.17) is 17.3 Å². The van der Waals surface area contributed by atoms with Gasteiger partial charge in [0.15, 0.2) is 0 Å². The lowest BCUT2D eigenvalue weighted by Gasteiger charge is -2.26. The van der Waals surface area contributed by atoms with Crippen molar-refractivity contribution in [1.82, 2.24) is 9.88 Å². The Balaban J connectivity index is 2.72. The molecule has 1 amide bonds. The van der Waals surface area contributed by atoms with Crippen LogP contribution in [0.2, 0.25) is 5.15 Å². The van der Waals surface area contributed by atoms with Crippen LogP contribution in [0, 0.1) is 5.92 Å². The maximum atomic E-state index is 12.1. The Hall–Kier alpha value is -1.13. The summed E-state index contributed by atoms with van der Waals surface area (Å²) in [5.74, 6) is 0.109. The number of aromatic nitrogens is 1. The highest BCUT2D eigenvalue weighted by Crippen LogP contribution is 2.10. The van der Waals surface area contributed by atoms with E-state index in [9.17, 15) is 4.79 Å². The van der Waals surface area contributed by atoms with Crippen LogP contribution in [0.1, 0.15) is 26.3 Å². The monoisotopic (exact) mass is 269 g/mol. The van der Waals surface area contributed by atoms with Crippen molar-refractivity contribution in [2.75, 3.05) is 6.54 Å². The molecular weight excluding hydrogens is 250 g/mol. The Morgan fingerprint density at radius 3 is 2.61 bits per heavy atom.